The molecule has 2 aromatic rings. The number of rotatable bonds is 7. The Labute approximate surface area is 137 Å². The fourth-order valence-electron chi connectivity index (χ4n) is 2.38. The van der Waals surface area contributed by atoms with Gasteiger partial charge in [-0.25, -0.2) is 0 Å². The van der Waals surface area contributed by atoms with Gasteiger partial charge in [-0.3, -0.25) is 4.79 Å². The highest BCUT2D eigenvalue weighted by Gasteiger charge is 2.11. The van der Waals surface area contributed by atoms with Gasteiger partial charge in [-0.15, -0.1) is 0 Å². The third-order valence-electron chi connectivity index (χ3n) is 3.48. The van der Waals surface area contributed by atoms with E-state index < -0.39 is 0 Å². The van der Waals surface area contributed by atoms with Crippen LogP contribution >= 0.6 is 0 Å². The Morgan fingerprint density at radius 3 is 2.52 bits per heavy atom. The molecule has 0 saturated heterocycles. The van der Waals surface area contributed by atoms with Gasteiger partial charge in [0.25, 0.3) is 5.91 Å². The summed E-state index contributed by atoms with van der Waals surface area (Å²) >= 11 is 0. The van der Waals surface area contributed by atoms with Crippen LogP contribution in [-0.4, -0.2) is 25.7 Å². The number of carbonyl (C=O) groups is 1. The van der Waals surface area contributed by atoms with E-state index in [9.17, 15) is 4.79 Å². The van der Waals surface area contributed by atoms with E-state index in [-0.39, 0.29) is 11.9 Å². The van der Waals surface area contributed by atoms with Crippen molar-refractivity contribution in [3.8, 4) is 11.5 Å². The lowest BCUT2D eigenvalue weighted by atomic mass is 10.1. The van der Waals surface area contributed by atoms with Crippen LogP contribution in [0.4, 0.5) is 0 Å². The maximum atomic E-state index is 12.3. The van der Waals surface area contributed by atoms with E-state index in [1.807, 2.05) is 50.2 Å². The van der Waals surface area contributed by atoms with Crippen LogP contribution in [0.3, 0.4) is 0 Å². The highest BCUT2D eigenvalue weighted by molar-refractivity contribution is 5.94. The van der Waals surface area contributed by atoms with Crippen LogP contribution in [0, 0.1) is 0 Å². The fourth-order valence-corrected chi connectivity index (χ4v) is 2.38. The number of methoxy groups -OCH3 is 1. The summed E-state index contributed by atoms with van der Waals surface area (Å²) in [6.45, 7) is 4.54. The molecule has 0 aromatic heterocycles. The van der Waals surface area contributed by atoms with Crippen molar-refractivity contribution < 1.29 is 14.3 Å². The third kappa shape index (κ3) is 5.02. The maximum absolute atomic E-state index is 12.3. The lowest BCUT2D eigenvalue weighted by molar-refractivity contribution is 0.0940. The molecule has 2 rings (SSSR count). The second-order valence-electron chi connectivity index (χ2n) is 5.39. The van der Waals surface area contributed by atoms with Crippen molar-refractivity contribution >= 4 is 5.91 Å². The van der Waals surface area contributed by atoms with Crippen LogP contribution in [-0.2, 0) is 6.42 Å². The van der Waals surface area contributed by atoms with Gasteiger partial charge in [0.15, 0.2) is 0 Å². The molecule has 0 bridgehead atoms. The first kappa shape index (κ1) is 16.9. The van der Waals surface area contributed by atoms with Crippen molar-refractivity contribution in [1.29, 1.82) is 0 Å². The Kier molecular flexibility index (Phi) is 6.03. The zero-order chi connectivity index (χ0) is 16.7. The molecule has 1 atom stereocenters. The summed E-state index contributed by atoms with van der Waals surface area (Å²) in [5.74, 6) is 1.52. The SMILES string of the molecule is CCOc1ccc(C(=O)NC(C)Cc2cccc(OC)c2)cc1. The predicted octanol–water partition coefficient (Wildman–Crippen LogP) is 3.45. The summed E-state index contributed by atoms with van der Waals surface area (Å²) in [6, 6.07) is 15.1. The fraction of sp³-hybridized carbons (Fsp3) is 0.316. The van der Waals surface area contributed by atoms with Gasteiger partial charge >= 0.3 is 0 Å². The predicted molar refractivity (Wildman–Crippen MR) is 91.2 cm³/mol. The molecule has 0 aliphatic heterocycles. The number of amides is 1. The van der Waals surface area contributed by atoms with Crippen LogP contribution in [0.1, 0.15) is 29.8 Å². The van der Waals surface area contributed by atoms with Crippen molar-refractivity contribution in [2.45, 2.75) is 26.3 Å². The number of hydrogen-bond donors (Lipinski definition) is 1. The number of carbonyl (C=O) groups excluding carboxylic acids is 1. The molecule has 0 aliphatic rings. The third-order valence-corrected chi connectivity index (χ3v) is 3.48. The number of hydrogen-bond acceptors (Lipinski definition) is 3. The molecule has 0 aliphatic carbocycles. The molecule has 1 amide bonds. The zero-order valence-corrected chi connectivity index (χ0v) is 13.8. The lowest BCUT2D eigenvalue weighted by Crippen LogP contribution is -2.34. The molecule has 2 aromatic carbocycles. The number of benzene rings is 2. The zero-order valence-electron chi connectivity index (χ0n) is 13.8. The first-order valence-corrected chi connectivity index (χ1v) is 7.79. The molecule has 23 heavy (non-hydrogen) atoms. The van der Waals surface area contributed by atoms with Gasteiger partial charge in [0.2, 0.25) is 0 Å². The monoisotopic (exact) mass is 313 g/mol. The first-order valence-electron chi connectivity index (χ1n) is 7.79. The molecular formula is C19H23NO3. The molecule has 1 unspecified atom stereocenters. The maximum Gasteiger partial charge on any atom is 0.251 e. The molecule has 122 valence electrons. The van der Waals surface area contributed by atoms with E-state index in [1.165, 1.54) is 0 Å². The van der Waals surface area contributed by atoms with Gasteiger partial charge in [-0.05, 0) is 62.2 Å². The van der Waals surface area contributed by atoms with Crippen molar-refractivity contribution in [1.82, 2.24) is 5.32 Å². The topological polar surface area (TPSA) is 47.6 Å². The van der Waals surface area contributed by atoms with Crippen LogP contribution < -0.4 is 14.8 Å². The molecule has 0 saturated carbocycles. The van der Waals surface area contributed by atoms with Gasteiger partial charge in [0.05, 0.1) is 13.7 Å². The summed E-state index contributed by atoms with van der Waals surface area (Å²) < 4.78 is 10.6. The minimum atomic E-state index is -0.0801. The van der Waals surface area contributed by atoms with E-state index in [4.69, 9.17) is 9.47 Å². The van der Waals surface area contributed by atoms with E-state index in [0.717, 1.165) is 23.5 Å². The Hall–Kier alpha value is -2.49. The Balaban J connectivity index is 1.93. The summed E-state index contributed by atoms with van der Waals surface area (Å²) in [6.07, 6.45) is 0.750. The largest absolute Gasteiger partial charge is 0.497 e. The first-order chi connectivity index (χ1) is 11.1. The van der Waals surface area contributed by atoms with E-state index in [0.29, 0.717) is 12.2 Å². The van der Waals surface area contributed by atoms with Crippen LogP contribution in [0.25, 0.3) is 0 Å². The molecule has 4 heteroatoms. The van der Waals surface area contributed by atoms with Gasteiger partial charge in [0, 0.05) is 11.6 Å². The van der Waals surface area contributed by atoms with Crippen molar-refractivity contribution in [2.75, 3.05) is 13.7 Å². The molecular weight excluding hydrogens is 290 g/mol. The van der Waals surface area contributed by atoms with Crippen LogP contribution in [0.5, 0.6) is 11.5 Å². The summed E-state index contributed by atoms with van der Waals surface area (Å²) in [4.78, 5) is 12.3. The standard InChI is InChI=1S/C19H23NO3/c1-4-23-17-10-8-16(9-11-17)19(21)20-14(2)12-15-6-5-7-18(13-15)22-3/h5-11,13-14H,4,12H2,1-3H3,(H,20,21). The lowest BCUT2D eigenvalue weighted by Gasteiger charge is -2.15. The van der Waals surface area contributed by atoms with Gasteiger partial charge in [-0.2, -0.15) is 0 Å². The van der Waals surface area contributed by atoms with Crippen molar-refractivity contribution in [3.63, 3.8) is 0 Å². The van der Waals surface area contributed by atoms with Gasteiger partial charge < -0.3 is 14.8 Å². The number of ether oxygens (including phenoxy) is 2. The van der Waals surface area contributed by atoms with E-state index in [2.05, 4.69) is 5.32 Å². The van der Waals surface area contributed by atoms with E-state index in [1.54, 1.807) is 19.2 Å². The summed E-state index contributed by atoms with van der Waals surface area (Å²) in [7, 11) is 1.65. The smallest absolute Gasteiger partial charge is 0.251 e. The van der Waals surface area contributed by atoms with Crippen molar-refractivity contribution in [3.05, 3.63) is 59.7 Å². The quantitative estimate of drug-likeness (QED) is 0.851. The molecule has 0 spiro atoms. The molecule has 4 nitrogen and oxygen atoms in total. The molecule has 0 fully saturated rings. The second-order valence-corrected chi connectivity index (χ2v) is 5.39. The van der Waals surface area contributed by atoms with Crippen molar-refractivity contribution in [2.24, 2.45) is 0 Å². The minimum Gasteiger partial charge on any atom is -0.497 e. The molecule has 0 radical (unpaired) electrons. The van der Waals surface area contributed by atoms with E-state index >= 15 is 0 Å². The summed E-state index contributed by atoms with van der Waals surface area (Å²) in [5, 5.41) is 3.01. The summed E-state index contributed by atoms with van der Waals surface area (Å²) in [5.41, 5.74) is 1.76. The Bertz CT molecular complexity index is 637. The van der Waals surface area contributed by atoms with Crippen LogP contribution in [0.2, 0.25) is 0 Å². The normalized spacial score (nSPS) is 11.6. The average Bonchev–Trinajstić information content (AvgIpc) is 2.55. The molecule has 1 N–H and O–H groups in total. The minimum absolute atomic E-state index is 0.0289. The molecule has 0 heterocycles. The highest BCUT2D eigenvalue weighted by Crippen LogP contribution is 2.15. The number of nitrogens with one attached hydrogen (secondary N) is 1. The Morgan fingerprint density at radius 1 is 1.13 bits per heavy atom. The van der Waals surface area contributed by atoms with Crippen LogP contribution in [0.15, 0.2) is 48.5 Å². The second kappa shape index (κ2) is 8.22. The van der Waals surface area contributed by atoms with Gasteiger partial charge in [-0.1, -0.05) is 12.1 Å². The Morgan fingerprint density at radius 2 is 1.87 bits per heavy atom. The van der Waals surface area contributed by atoms with Gasteiger partial charge in [0.1, 0.15) is 11.5 Å². The highest BCUT2D eigenvalue weighted by atomic mass is 16.5. The average molecular weight is 313 g/mol.